The average Bonchev–Trinajstić information content (AvgIpc) is 2.27. The summed E-state index contributed by atoms with van der Waals surface area (Å²) < 4.78 is 5.07. The summed E-state index contributed by atoms with van der Waals surface area (Å²) in [5.41, 5.74) is 0.823. The lowest BCUT2D eigenvalue weighted by atomic mass is 10.2. The molecule has 0 heterocycles. The molecule has 0 aliphatic carbocycles. The fourth-order valence-electron chi connectivity index (χ4n) is 1.22. The van der Waals surface area contributed by atoms with E-state index >= 15 is 0 Å². The van der Waals surface area contributed by atoms with Crippen molar-refractivity contribution < 1.29 is 14.6 Å². The highest BCUT2D eigenvalue weighted by Gasteiger charge is 2.17. The van der Waals surface area contributed by atoms with E-state index in [4.69, 9.17) is 9.84 Å². The Balaban J connectivity index is 2.90. The third kappa shape index (κ3) is 2.62. The Kier molecular flexibility index (Phi) is 3.55. The van der Waals surface area contributed by atoms with E-state index in [1.165, 1.54) is 0 Å². The van der Waals surface area contributed by atoms with Crippen LogP contribution in [0.15, 0.2) is 24.3 Å². The van der Waals surface area contributed by atoms with Gasteiger partial charge in [0.15, 0.2) is 0 Å². The molecule has 15 heavy (non-hydrogen) atoms. The molecule has 1 rings (SSSR count). The predicted molar refractivity (Wildman–Crippen MR) is 58.5 cm³/mol. The van der Waals surface area contributed by atoms with E-state index in [9.17, 15) is 4.79 Å². The maximum absolute atomic E-state index is 10.8. The van der Waals surface area contributed by atoms with Crippen LogP contribution in [0.5, 0.6) is 5.75 Å². The van der Waals surface area contributed by atoms with Gasteiger partial charge in [-0.05, 0) is 19.1 Å². The minimum Gasteiger partial charge on any atom is -0.497 e. The van der Waals surface area contributed by atoms with Crippen molar-refractivity contribution in [2.45, 2.75) is 13.0 Å². The average molecular weight is 209 g/mol. The second-order valence-corrected chi connectivity index (χ2v) is 3.33. The number of hydrogen-bond donors (Lipinski definition) is 1. The SMILES string of the molecule is COc1cccc(N(C)[C@@H](C)C(=O)O)c1. The van der Waals surface area contributed by atoms with Crippen molar-refractivity contribution in [3.63, 3.8) is 0 Å². The largest absolute Gasteiger partial charge is 0.497 e. The number of anilines is 1. The number of carboxylic acids is 1. The molecule has 0 amide bonds. The summed E-state index contributed by atoms with van der Waals surface area (Å²) >= 11 is 0. The molecule has 1 N–H and O–H groups in total. The van der Waals surface area contributed by atoms with Gasteiger partial charge in [-0.25, -0.2) is 4.79 Å². The third-order valence-electron chi connectivity index (χ3n) is 2.40. The number of rotatable bonds is 4. The minimum absolute atomic E-state index is 0.558. The normalized spacial score (nSPS) is 11.9. The molecule has 4 nitrogen and oxygen atoms in total. The molecule has 82 valence electrons. The van der Waals surface area contributed by atoms with Crippen LogP contribution in [0.3, 0.4) is 0 Å². The van der Waals surface area contributed by atoms with Crippen molar-refractivity contribution in [1.82, 2.24) is 0 Å². The molecular weight excluding hydrogens is 194 g/mol. The lowest BCUT2D eigenvalue weighted by molar-refractivity contribution is -0.138. The van der Waals surface area contributed by atoms with E-state index in [0.29, 0.717) is 0 Å². The Morgan fingerprint density at radius 1 is 1.53 bits per heavy atom. The predicted octanol–water partition coefficient (Wildman–Crippen LogP) is 1.60. The van der Waals surface area contributed by atoms with Crippen LogP contribution in [0.1, 0.15) is 6.92 Å². The number of aliphatic carboxylic acids is 1. The number of hydrogen-bond acceptors (Lipinski definition) is 3. The Morgan fingerprint density at radius 2 is 2.20 bits per heavy atom. The molecule has 0 aliphatic rings. The number of carbonyl (C=O) groups is 1. The van der Waals surface area contributed by atoms with Crippen LogP contribution in [0, 0.1) is 0 Å². The van der Waals surface area contributed by atoms with Gasteiger partial charge in [0.1, 0.15) is 11.8 Å². The molecule has 0 bridgehead atoms. The van der Waals surface area contributed by atoms with Gasteiger partial charge in [0.25, 0.3) is 0 Å². The number of benzene rings is 1. The minimum atomic E-state index is -0.847. The topological polar surface area (TPSA) is 49.8 Å². The quantitative estimate of drug-likeness (QED) is 0.818. The third-order valence-corrected chi connectivity index (χ3v) is 2.40. The summed E-state index contributed by atoms with van der Waals surface area (Å²) in [5.74, 6) is -0.128. The summed E-state index contributed by atoms with van der Waals surface area (Å²) in [5, 5.41) is 8.87. The van der Waals surface area contributed by atoms with Crippen LogP contribution in [0.25, 0.3) is 0 Å². The lowest BCUT2D eigenvalue weighted by Crippen LogP contribution is -2.35. The van der Waals surface area contributed by atoms with Crippen LogP contribution in [0.2, 0.25) is 0 Å². The number of methoxy groups -OCH3 is 1. The molecule has 0 fully saturated rings. The number of ether oxygens (including phenoxy) is 1. The Hall–Kier alpha value is -1.71. The fourth-order valence-corrected chi connectivity index (χ4v) is 1.22. The number of carboxylic acid groups (broad SMARTS) is 1. The van der Waals surface area contributed by atoms with E-state index in [1.807, 2.05) is 18.2 Å². The maximum Gasteiger partial charge on any atom is 0.326 e. The summed E-state index contributed by atoms with van der Waals surface area (Å²) in [6.45, 7) is 1.64. The van der Waals surface area contributed by atoms with Gasteiger partial charge in [0.05, 0.1) is 7.11 Å². The zero-order valence-electron chi connectivity index (χ0n) is 9.10. The molecule has 0 aliphatic heterocycles. The van der Waals surface area contributed by atoms with Crippen molar-refractivity contribution in [3.05, 3.63) is 24.3 Å². The molecule has 0 aromatic heterocycles. The van der Waals surface area contributed by atoms with E-state index < -0.39 is 12.0 Å². The first kappa shape index (κ1) is 11.4. The Morgan fingerprint density at radius 3 is 2.73 bits per heavy atom. The fraction of sp³-hybridized carbons (Fsp3) is 0.364. The highest BCUT2D eigenvalue weighted by molar-refractivity contribution is 5.77. The van der Waals surface area contributed by atoms with Gasteiger partial charge in [-0.3, -0.25) is 0 Å². The van der Waals surface area contributed by atoms with Crippen molar-refractivity contribution in [2.24, 2.45) is 0 Å². The van der Waals surface area contributed by atoms with Gasteiger partial charge in [-0.15, -0.1) is 0 Å². The van der Waals surface area contributed by atoms with Gasteiger partial charge < -0.3 is 14.7 Å². The Bertz CT molecular complexity index is 351. The monoisotopic (exact) mass is 209 g/mol. The van der Waals surface area contributed by atoms with Crippen molar-refractivity contribution >= 4 is 11.7 Å². The van der Waals surface area contributed by atoms with E-state index in [1.54, 1.807) is 32.0 Å². The standard InChI is InChI=1S/C11H15NO3/c1-8(11(13)14)12(2)9-5-4-6-10(7-9)15-3/h4-8H,1-3H3,(H,13,14)/t8-/m0/s1. The summed E-state index contributed by atoms with van der Waals surface area (Å²) in [7, 11) is 3.33. The van der Waals surface area contributed by atoms with Gasteiger partial charge in [-0.1, -0.05) is 6.07 Å². The lowest BCUT2D eigenvalue weighted by Gasteiger charge is -2.23. The summed E-state index contributed by atoms with van der Waals surface area (Å²) in [6.07, 6.45) is 0. The summed E-state index contributed by atoms with van der Waals surface area (Å²) in [4.78, 5) is 12.5. The first-order valence-electron chi connectivity index (χ1n) is 4.66. The zero-order chi connectivity index (χ0) is 11.4. The smallest absolute Gasteiger partial charge is 0.326 e. The van der Waals surface area contributed by atoms with E-state index in [0.717, 1.165) is 11.4 Å². The molecule has 0 saturated heterocycles. The van der Waals surface area contributed by atoms with Crippen LogP contribution in [0.4, 0.5) is 5.69 Å². The van der Waals surface area contributed by atoms with Gasteiger partial charge in [0.2, 0.25) is 0 Å². The van der Waals surface area contributed by atoms with E-state index in [2.05, 4.69) is 0 Å². The van der Waals surface area contributed by atoms with Crippen LogP contribution in [-0.4, -0.2) is 31.3 Å². The molecule has 1 atom stereocenters. The second-order valence-electron chi connectivity index (χ2n) is 3.33. The molecule has 0 unspecified atom stereocenters. The highest BCUT2D eigenvalue weighted by Crippen LogP contribution is 2.21. The summed E-state index contributed by atoms with van der Waals surface area (Å²) in [6, 6.07) is 6.75. The van der Waals surface area contributed by atoms with Crippen molar-refractivity contribution in [3.8, 4) is 5.75 Å². The first-order chi connectivity index (χ1) is 7.06. The number of nitrogens with zero attached hydrogens (tertiary/aromatic N) is 1. The van der Waals surface area contributed by atoms with Gasteiger partial charge in [-0.2, -0.15) is 0 Å². The van der Waals surface area contributed by atoms with Crippen molar-refractivity contribution in [1.29, 1.82) is 0 Å². The first-order valence-corrected chi connectivity index (χ1v) is 4.66. The van der Waals surface area contributed by atoms with Gasteiger partial charge >= 0.3 is 5.97 Å². The zero-order valence-corrected chi connectivity index (χ0v) is 9.10. The van der Waals surface area contributed by atoms with Crippen molar-refractivity contribution in [2.75, 3.05) is 19.1 Å². The molecular formula is C11H15NO3. The Labute approximate surface area is 89.1 Å². The van der Waals surface area contributed by atoms with Gasteiger partial charge in [0, 0.05) is 18.8 Å². The second kappa shape index (κ2) is 4.68. The molecule has 0 radical (unpaired) electrons. The molecule has 4 heteroatoms. The molecule has 1 aromatic rings. The van der Waals surface area contributed by atoms with Crippen LogP contribution in [-0.2, 0) is 4.79 Å². The molecule has 1 aromatic carbocycles. The molecule has 0 saturated carbocycles. The highest BCUT2D eigenvalue weighted by atomic mass is 16.5. The number of likely N-dealkylation sites (N-methyl/N-ethyl adjacent to an activating group) is 1. The van der Waals surface area contributed by atoms with Crippen LogP contribution < -0.4 is 9.64 Å². The maximum atomic E-state index is 10.8. The van der Waals surface area contributed by atoms with E-state index in [-0.39, 0.29) is 0 Å². The van der Waals surface area contributed by atoms with Crippen LogP contribution >= 0.6 is 0 Å². The molecule has 0 spiro atoms.